The number of aliphatic hydroxyl groups is 1. The molecule has 0 radical (unpaired) electrons. The fourth-order valence-electron chi connectivity index (χ4n) is 1.87. The van der Waals surface area contributed by atoms with Crippen LogP contribution in [0.25, 0.3) is 0 Å². The van der Waals surface area contributed by atoms with Gasteiger partial charge < -0.3 is 20.7 Å². The number of aryl methyl sites for hydroxylation is 1. The number of rotatable bonds is 4. The van der Waals surface area contributed by atoms with Crippen molar-refractivity contribution >= 4 is 23.3 Å². The van der Waals surface area contributed by atoms with Crippen molar-refractivity contribution in [3.63, 3.8) is 0 Å². The number of aliphatic hydroxyl groups excluding tert-OH is 1. The van der Waals surface area contributed by atoms with Crippen LogP contribution < -0.4 is 16.2 Å². The van der Waals surface area contributed by atoms with Crippen molar-refractivity contribution in [3.8, 4) is 0 Å². The van der Waals surface area contributed by atoms with Crippen molar-refractivity contribution < 1.29 is 14.3 Å². The predicted octanol–water partition coefficient (Wildman–Crippen LogP) is 2.33. The number of hydrogen-bond donors (Lipinski definition) is 4. The topological polar surface area (TPSA) is 94.2 Å². The number of aromatic nitrogens is 1. The maximum absolute atomic E-state index is 13.3. The highest BCUT2D eigenvalue weighted by Crippen LogP contribution is 2.19. The van der Waals surface area contributed by atoms with E-state index < -0.39 is 18.0 Å². The molecule has 0 fully saturated rings. The molecule has 1 aromatic heterocycles. The lowest BCUT2D eigenvalue weighted by atomic mass is 10.1. The van der Waals surface area contributed by atoms with Crippen LogP contribution in [-0.2, 0) is 0 Å². The minimum atomic E-state index is -1.08. The molecule has 0 spiro atoms. The van der Waals surface area contributed by atoms with E-state index in [4.69, 9.17) is 11.6 Å². The molecule has 1 atom stereocenters. The average Bonchev–Trinajstić information content (AvgIpc) is 2.51. The molecule has 0 aliphatic carbocycles. The number of aromatic amines is 1. The number of halogens is 2. The second-order valence-electron chi connectivity index (χ2n) is 4.92. The van der Waals surface area contributed by atoms with Crippen molar-refractivity contribution in [2.45, 2.75) is 13.0 Å². The van der Waals surface area contributed by atoms with Crippen LogP contribution in [0.4, 0.5) is 14.9 Å². The molecule has 4 N–H and O–H groups in total. The van der Waals surface area contributed by atoms with Crippen LogP contribution in [0.2, 0.25) is 5.02 Å². The molecule has 2 aromatic rings. The Morgan fingerprint density at radius 2 is 2.17 bits per heavy atom. The van der Waals surface area contributed by atoms with Crippen LogP contribution in [0, 0.1) is 12.7 Å². The Labute approximate surface area is 136 Å². The first-order valence-corrected chi connectivity index (χ1v) is 7.12. The van der Waals surface area contributed by atoms with Gasteiger partial charge in [-0.05, 0) is 30.7 Å². The highest BCUT2D eigenvalue weighted by molar-refractivity contribution is 6.30. The van der Waals surface area contributed by atoms with Crippen LogP contribution in [-0.4, -0.2) is 22.7 Å². The van der Waals surface area contributed by atoms with Crippen LogP contribution >= 0.6 is 11.6 Å². The van der Waals surface area contributed by atoms with Gasteiger partial charge in [0.05, 0.1) is 16.8 Å². The molecule has 2 rings (SSSR count). The van der Waals surface area contributed by atoms with Gasteiger partial charge in [0.1, 0.15) is 5.82 Å². The van der Waals surface area contributed by atoms with Crippen molar-refractivity contribution in [1.29, 1.82) is 0 Å². The number of carbonyl (C=O) groups is 1. The van der Waals surface area contributed by atoms with Crippen molar-refractivity contribution in [2.75, 3.05) is 11.9 Å². The fourth-order valence-corrected chi connectivity index (χ4v) is 1.99. The number of pyridine rings is 1. The lowest BCUT2D eigenvalue weighted by Crippen LogP contribution is -2.32. The summed E-state index contributed by atoms with van der Waals surface area (Å²) in [6.45, 7) is 1.50. The van der Waals surface area contributed by atoms with Gasteiger partial charge in [-0.15, -0.1) is 0 Å². The molecule has 0 aliphatic heterocycles. The van der Waals surface area contributed by atoms with E-state index in [1.807, 2.05) is 0 Å². The summed E-state index contributed by atoms with van der Waals surface area (Å²) in [5.74, 6) is -0.642. The standard InChI is InChI=1S/C15H15ClFN3O3/c1-8-4-10(6-18-14(8)22)20-15(23)19-7-13(21)9-2-3-11(16)12(17)5-9/h2-6,13,21H,7H2,1H3,(H,18,22)(H2,19,20,23)/t13-/m1/s1. The molecule has 0 bridgehead atoms. The summed E-state index contributed by atoms with van der Waals surface area (Å²) in [5.41, 5.74) is 0.925. The first kappa shape index (κ1) is 17.0. The van der Waals surface area contributed by atoms with E-state index >= 15 is 0 Å². The molecule has 0 saturated heterocycles. The third kappa shape index (κ3) is 4.54. The Kier molecular flexibility index (Phi) is 5.36. The number of hydrogen-bond acceptors (Lipinski definition) is 3. The number of nitrogens with one attached hydrogen (secondary N) is 3. The van der Waals surface area contributed by atoms with E-state index in [0.29, 0.717) is 16.8 Å². The van der Waals surface area contributed by atoms with Gasteiger partial charge in [0.25, 0.3) is 5.56 Å². The summed E-state index contributed by atoms with van der Waals surface area (Å²) in [6, 6.07) is 4.87. The molecule has 23 heavy (non-hydrogen) atoms. The van der Waals surface area contributed by atoms with E-state index in [2.05, 4.69) is 15.6 Å². The van der Waals surface area contributed by atoms with Crippen molar-refractivity contribution in [3.05, 3.63) is 62.8 Å². The van der Waals surface area contributed by atoms with Crippen LogP contribution in [0.15, 0.2) is 35.3 Å². The molecule has 6 nitrogen and oxygen atoms in total. The Bertz CT molecular complexity index is 779. The number of benzene rings is 1. The van der Waals surface area contributed by atoms with E-state index in [9.17, 15) is 19.1 Å². The second kappa shape index (κ2) is 7.26. The van der Waals surface area contributed by atoms with Gasteiger partial charge in [-0.2, -0.15) is 0 Å². The second-order valence-corrected chi connectivity index (χ2v) is 5.33. The first-order valence-electron chi connectivity index (χ1n) is 6.74. The number of carbonyl (C=O) groups excluding carboxylic acids is 1. The van der Waals surface area contributed by atoms with Crippen LogP contribution in [0.5, 0.6) is 0 Å². The van der Waals surface area contributed by atoms with Crippen molar-refractivity contribution in [2.24, 2.45) is 0 Å². The van der Waals surface area contributed by atoms with Gasteiger partial charge in [0.15, 0.2) is 0 Å². The van der Waals surface area contributed by atoms with Gasteiger partial charge in [-0.1, -0.05) is 17.7 Å². The molecule has 8 heteroatoms. The predicted molar refractivity (Wildman–Crippen MR) is 85.2 cm³/mol. The highest BCUT2D eigenvalue weighted by Gasteiger charge is 2.12. The smallest absolute Gasteiger partial charge is 0.319 e. The largest absolute Gasteiger partial charge is 0.387 e. The van der Waals surface area contributed by atoms with Gasteiger partial charge in [-0.25, -0.2) is 9.18 Å². The molecule has 1 heterocycles. The third-order valence-electron chi connectivity index (χ3n) is 3.13. The van der Waals surface area contributed by atoms with E-state index in [1.165, 1.54) is 24.4 Å². The first-order chi connectivity index (χ1) is 10.9. The quantitative estimate of drug-likeness (QED) is 0.688. The SMILES string of the molecule is Cc1cc(NC(=O)NC[C@@H](O)c2ccc(Cl)c(F)c2)c[nH]c1=O. The van der Waals surface area contributed by atoms with Crippen LogP contribution in [0.1, 0.15) is 17.2 Å². The Morgan fingerprint density at radius 1 is 1.43 bits per heavy atom. The summed E-state index contributed by atoms with van der Waals surface area (Å²) in [5, 5.41) is 14.9. The molecule has 1 aromatic carbocycles. The van der Waals surface area contributed by atoms with Gasteiger partial charge in [0.2, 0.25) is 0 Å². The Hall–Kier alpha value is -2.38. The summed E-state index contributed by atoms with van der Waals surface area (Å²) in [6.07, 6.45) is 0.282. The summed E-state index contributed by atoms with van der Waals surface area (Å²) < 4.78 is 13.3. The fraction of sp³-hybridized carbons (Fsp3) is 0.200. The van der Waals surface area contributed by atoms with E-state index in [0.717, 1.165) is 6.07 Å². The molecular formula is C15H15ClFN3O3. The molecule has 2 amide bonds. The number of urea groups is 1. The zero-order valence-electron chi connectivity index (χ0n) is 12.2. The van der Waals surface area contributed by atoms with Gasteiger partial charge in [-0.3, -0.25) is 4.79 Å². The monoisotopic (exact) mass is 339 g/mol. The molecule has 0 saturated carbocycles. The summed E-state index contributed by atoms with van der Waals surface area (Å²) in [4.78, 5) is 25.4. The highest BCUT2D eigenvalue weighted by atomic mass is 35.5. The lowest BCUT2D eigenvalue weighted by molar-refractivity contribution is 0.174. The lowest BCUT2D eigenvalue weighted by Gasteiger charge is -2.13. The maximum Gasteiger partial charge on any atom is 0.319 e. The minimum Gasteiger partial charge on any atom is -0.387 e. The van der Waals surface area contributed by atoms with Crippen LogP contribution in [0.3, 0.4) is 0 Å². The summed E-state index contributed by atoms with van der Waals surface area (Å²) in [7, 11) is 0. The van der Waals surface area contributed by atoms with Gasteiger partial charge >= 0.3 is 6.03 Å². The van der Waals surface area contributed by atoms with E-state index in [-0.39, 0.29) is 17.1 Å². The zero-order chi connectivity index (χ0) is 17.0. The molecule has 0 unspecified atom stereocenters. The van der Waals surface area contributed by atoms with Gasteiger partial charge in [0, 0.05) is 18.3 Å². The maximum atomic E-state index is 13.3. The number of H-pyrrole nitrogens is 1. The minimum absolute atomic E-state index is 0.0416. The zero-order valence-corrected chi connectivity index (χ0v) is 12.9. The number of anilines is 1. The molecule has 0 aliphatic rings. The average molecular weight is 340 g/mol. The normalized spacial score (nSPS) is 11.8. The van der Waals surface area contributed by atoms with E-state index in [1.54, 1.807) is 6.92 Å². The Balaban J connectivity index is 1.91. The molecule has 122 valence electrons. The molecular weight excluding hydrogens is 325 g/mol. The summed E-state index contributed by atoms with van der Waals surface area (Å²) >= 11 is 5.57. The Morgan fingerprint density at radius 3 is 2.83 bits per heavy atom. The third-order valence-corrected chi connectivity index (χ3v) is 3.44. The number of amides is 2. The van der Waals surface area contributed by atoms with Crippen molar-refractivity contribution in [1.82, 2.24) is 10.3 Å².